The van der Waals surface area contributed by atoms with E-state index < -0.39 is 32.5 Å². The van der Waals surface area contributed by atoms with Crippen LogP contribution in [0.4, 0.5) is 0 Å². The molecule has 0 aromatic heterocycles. The fraction of sp³-hybridized carbons (Fsp3) is 0.600. The molecule has 0 aliphatic heterocycles. The topological polar surface area (TPSA) is 84.8 Å². The molecule has 170 valence electrons. The summed E-state index contributed by atoms with van der Waals surface area (Å²) in [5, 5.41) is 2.60. The smallest absolute Gasteiger partial charge is 0.356 e. The lowest BCUT2D eigenvalue weighted by Crippen LogP contribution is -2.37. The number of alkyl halides is 3. The van der Waals surface area contributed by atoms with Crippen LogP contribution >= 0.6 is 34.8 Å². The van der Waals surface area contributed by atoms with E-state index in [0.29, 0.717) is 19.4 Å². The van der Waals surface area contributed by atoms with Crippen molar-refractivity contribution in [3.63, 3.8) is 0 Å². The number of carbonyl (C=O) groups excluding carboxylic acids is 1. The lowest BCUT2D eigenvalue weighted by atomic mass is 10.1. The number of nitrogens with one attached hydrogen (secondary N) is 1. The van der Waals surface area contributed by atoms with Crippen molar-refractivity contribution in [3.8, 4) is 12.3 Å². The normalized spacial score (nSPS) is 13.7. The first-order valence-electron chi connectivity index (χ1n) is 9.42. The van der Waals surface area contributed by atoms with Crippen molar-refractivity contribution < 1.29 is 17.4 Å². The molecule has 10 heteroatoms. The number of halogens is 3. The first-order valence-corrected chi connectivity index (χ1v) is 11.9. The average molecular weight is 500 g/mol. The molecule has 30 heavy (non-hydrogen) atoms. The molecule has 0 aliphatic rings. The van der Waals surface area contributed by atoms with Crippen LogP contribution in [0, 0.1) is 12.3 Å². The number of amides is 1. The summed E-state index contributed by atoms with van der Waals surface area (Å²) in [6.45, 7) is 6.24. The molecule has 0 unspecified atom stereocenters. The van der Waals surface area contributed by atoms with Crippen LogP contribution in [0.15, 0.2) is 27.7 Å². The first-order chi connectivity index (χ1) is 13.9. The van der Waals surface area contributed by atoms with Gasteiger partial charge in [-0.05, 0) is 52.5 Å². The zero-order valence-electron chi connectivity index (χ0n) is 17.5. The maximum Gasteiger partial charge on any atom is 0.381 e. The highest BCUT2D eigenvalue weighted by atomic mass is 35.6. The first kappa shape index (κ1) is 29.0. The molecule has 1 amide bonds. The Bertz CT molecular complexity index is 775. The largest absolute Gasteiger partial charge is 0.381 e. The zero-order chi connectivity index (χ0) is 23.2. The van der Waals surface area contributed by atoms with Crippen molar-refractivity contribution in [2.45, 2.75) is 69.2 Å². The van der Waals surface area contributed by atoms with E-state index in [1.54, 1.807) is 6.08 Å². The SMILES string of the molecule is C#CCCCCNC(=O)C[C@@H](OS(=O)(=O)/N=C/C=C(\C)CCC=C(C)C)C(Cl)(Cl)Cl. The van der Waals surface area contributed by atoms with Gasteiger partial charge in [0.05, 0.1) is 6.42 Å². The van der Waals surface area contributed by atoms with Gasteiger partial charge in [0, 0.05) is 19.2 Å². The lowest BCUT2D eigenvalue weighted by Gasteiger charge is -2.22. The van der Waals surface area contributed by atoms with Crippen LogP contribution in [0.5, 0.6) is 0 Å². The molecule has 6 nitrogen and oxygen atoms in total. The van der Waals surface area contributed by atoms with E-state index in [1.807, 2.05) is 20.8 Å². The number of unbranched alkanes of at least 4 members (excludes halogenated alkanes) is 2. The molecular formula is C20H29Cl3N2O4S. The molecule has 0 spiro atoms. The number of hydrogen-bond donors (Lipinski definition) is 1. The van der Waals surface area contributed by atoms with Gasteiger partial charge in [0.25, 0.3) is 0 Å². The van der Waals surface area contributed by atoms with E-state index in [1.165, 1.54) is 5.57 Å². The minimum Gasteiger partial charge on any atom is -0.356 e. The van der Waals surface area contributed by atoms with Crippen LogP contribution in [0.1, 0.15) is 59.3 Å². The van der Waals surface area contributed by atoms with Gasteiger partial charge in [0.15, 0.2) is 0 Å². The summed E-state index contributed by atoms with van der Waals surface area (Å²) in [7, 11) is -4.41. The fourth-order valence-corrected chi connectivity index (χ4v) is 3.39. The Morgan fingerprint density at radius 1 is 1.27 bits per heavy atom. The van der Waals surface area contributed by atoms with E-state index in [0.717, 1.165) is 31.1 Å². The Balaban J connectivity index is 4.85. The Hall–Kier alpha value is -1.04. The Morgan fingerprint density at radius 3 is 2.50 bits per heavy atom. The lowest BCUT2D eigenvalue weighted by molar-refractivity contribution is -0.122. The molecule has 0 aliphatic carbocycles. The molecule has 0 heterocycles. The summed E-state index contributed by atoms with van der Waals surface area (Å²) < 4.78 is 30.3. The monoisotopic (exact) mass is 498 g/mol. The van der Waals surface area contributed by atoms with E-state index in [4.69, 9.17) is 45.4 Å². The molecule has 0 radical (unpaired) electrons. The van der Waals surface area contributed by atoms with Gasteiger partial charge in [0.1, 0.15) is 6.10 Å². The maximum atomic E-state index is 12.1. The van der Waals surface area contributed by atoms with Gasteiger partial charge in [-0.15, -0.1) is 16.7 Å². The fourth-order valence-electron chi connectivity index (χ4n) is 2.10. The van der Waals surface area contributed by atoms with Gasteiger partial charge < -0.3 is 5.32 Å². The minimum atomic E-state index is -4.41. The molecule has 1 atom stereocenters. The van der Waals surface area contributed by atoms with Gasteiger partial charge in [-0.1, -0.05) is 52.0 Å². The number of carbonyl (C=O) groups is 1. The number of allylic oxidation sites excluding steroid dienone is 4. The van der Waals surface area contributed by atoms with Gasteiger partial charge >= 0.3 is 10.3 Å². The number of hydrogen-bond acceptors (Lipinski definition) is 4. The van der Waals surface area contributed by atoms with Crippen LogP contribution in [0.25, 0.3) is 0 Å². The van der Waals surface area contributed by atoms with Crippen LogP contribution in [0.2, 0.25) is 0 Å². The molecule has 0 bridgehead atoms. The summed E-state index contributed by atoms with van der Waals surface area (Å²) in [6, 6.07) is 0. The summed E-state index contributed by atoms with van der Waals surface area (Å²) in [4.78, 5) is 12.0. The van der Waals surface area contributed by atoms with Crippen LogP contribution in [-0.4, -0.2) is 37.0 Å². The van der Waals surface area contributed by atoms with Crippen molar-refractivity contribution in [2.24, 2.45) is 4.40 Å². The highest BCUT2D eigenvalue weighted by Crippen LogP contribution is 2.35. The number of rotatable bonds is 13. The Kier molecular flexibility index (Phi) is 14.4. The third kappa shape index (κ3) is 15.8. The zero-order valence-corrected chi connectivity index (χ0v) is 20.5. The summed E-state index contributed by atoms with van der Waals surface area (Å²) in [5.74, 6) is 1.99. The summed E-state index contributed by atoms with van der Waals surface area (Å²) in [6.07, 6.45) is 11.6. The second-order valence-corrected chi connectivity index (χ2v) is 10.5. The summed E-state index contributed by atoms with van der Waals surface area (Å²) in [5.41, 5.74) is 2.15. The third-order valence-corrected chi connectivity index (χ3v) is 5.27. The van der Waals surface area contributed by atoms with Crippen molar-refractivity contribution in [1.29, 1.82) is 0 Å². The van der Waals surface area contributed by atoms with Gasteiger partial charge in [0.2, 0.25) is 9.70 Å². The third-order valence-electron chi connectivity index (χ3n) is 3.68. The maximum absolute atomic E-state index is 12.1. The van der Waals surface area contributed by atoms with Crippen molar-refractivity contribution in [2.75, 3.05) is 6.54 Å². The molecule has 0 fully saturated rings. The molecule has 0 saturated heterocycles. The average Bonchev–Trinajstić information content (AvgIpc) is 2.59. The molecule has 0 saturated carbocycles. The van der Waals surface area contributed by atoms with E-state index in [2.05, 4.69) is 21.7 Å². The standard InChI is InChI=1S/C20H29Cl3N2O4S/c1-5-6-7-8-13-24-19(26)15-18(20(21,22)23)29-30(27,28)25-14-12-17(4)11-9-10-16(2)3/h1,10,12,14,18H,6-9,11,13,15H2,2-4H3,(H,24,26)/b17-12+,25-14+/t18-/m1/s1. The van der Waals surface area contributed by atoms with Crippen molar-refractivity contribution >= 4 is 57.2 Å². The van der Waals surface area contributed by atoms with Gasteiger partial charge in [-0.25, -0.2) is 4.18 Å². The predicted molar refractivity (Wildman–Crippen MR) is 125 cm³/mol. The molecular weight excluding hydrogens is 471 g/mol. The second-order valence-electron chi connectivity index (χ2n) is 6.86. The molecule has 1 N–H and O–H groups in total. The van der Waals surface area contributed by atoms with Crippen LogP contribution in [0.3, 0.4) is 0 Å². The number of nitrogens with zero attached hydrogens (tertiary/aromatic N) is 1. The van der Waals surface area contributed by atoms with Crippen molar-refractivity contribution in [3.05, 3.63) is 23.3 Å². The second kappa shape index (κ2) is 14.9. The quantitative estimate of drug-likeness (QED) is 0.126. The molecule has 0 rings (SSSR count). The minimum absolute atomic E-state index is 0.370. The highest BCUT2D eigenvalue weighted by molar-refractivity contribution is 7.85. The number of terminal acetylenes is 1. The molecule has 0 aromatic rings. The van der Waals surface area contributed by atoms with Crippen molar-refractivity contribution in [1.82, 2.24) is 5.32 Å². The van der Waals surface area contributed by atoms with Crippen LogP contribution < -0.4 is 5.32 Å². The van der Waals surface area contributed by atoms with E-state index >= 15 is 0 Å². The van der Waals surface area contributed by atoms with Crippen LogP contribution in [-0.2, 0) is 19.3 Å². The Labute approximate surface area is 195 Å². The van der Waals surface area contributed by atoms with E-state index in [-0.39, 0.29) is 0 Å². The molecule has 0 aromatic carbocycles. The van der Waals surface area contributed by atoms with Gasteiger partial charge in [-0.3, -0.25) is 4.79 Å². The van der Waals surface area contributed by atoms with E-state index in [9.17, 15) is 13.2 Å². The predicted octanol–water partition coefficient (Wildman–Crippen LogP) is 5.06. The Morgan fingerprint density at radius 2 is 1.93 bits per heavy atom. The summed E-state index contributed by atoms with van der Waals surface area (Å²) >= 11 is 17.4. The highest BCUT2D eigenvalue weighted by Gasteiger charge is 2.38. The van der Waals surface area contributed by atoms with Gasteiger partial charge in [-0.2, -0.15) is 8.42 Å².